The van der Waals surface area contributed by atoms with Gasteiger partial charge in [0.2, 0.25) is 0 Å². The van der Waals surface area contributed by atoms with Gasteiger partial charge in [0, 0.05) is 11.0 Å². The SMILES string of the molecule is Cc1ccc(Sc2ccc(C=C3SC(=S)N(c4ccc(C)cc4)C3=O)cc2[N+](=O)[O-])cc1. The van der Waals surface area contributed by atoms with Crippen molar-refractivity contribution >= 4 is 63.4 Å². The van der Waals surface area contributed by atoms with Crippen LogP contribution in [-0.4, -0.2) is 15.2 Å². The van der Waals surface area contributed by atoms with Crippen molar-refractivity contribution in [2.45, 2.75) is 23.6 Å². The van der Waals surface area contributed by atoms with Gasteiger partial charge in [-0.2, -0.15) is 0 Å². The van der Waals surface area contributed by atoms with E-state index in [2.05, 4.69) is 0 Å². The quantitative estimate of drug-likeness (QED) is 0.175. The lowest BCUT2D eigenvalue weighted by Crippen LogP contribution is -2.27. The zero-order chi connectivity index (χ0) is 22.8. The number of carbonyl (C=O) groups excluding carboxylic acids is 1. The molecule has 0 bridgehead atoms. The number of thioether (sulfide) groups is 1. The minimum Gasteiger partial charge on any atom is -0.268 e. The first kappa shape index (κ1) is 22.3. The Balaban J connectivity index is 1.62. The summed E-state index contributed by atoms with van der Waals surface area (Å²) in [5.41, 5.74) is 3.50. The Morgan fingerprint density at radius 3 is 2.25 bits per heavy atom. The van der Waals surface area contributed by atoms with Crippen LogP contribution >= 0.6 is 35.7 Å². The second-order valence-corrected chi connectivity index (χ2v) is 10.0. The summed E-state index contributed by atoms with van der Waals surface area (Å²) in [4.78, 5) is 27.7. The van der Waals surface area contributed by atoms with Crippen LogP contribution in [0.5, 0.6) is 0 Å². The van der Waals surface area contributed by atoms with E-state index in [1.165, 1.54) is 34.5 Å². The highest BCUT2D eigenvalue weighted by Gasteiger charge is 2.33. The Hall–Kier alpha value is -2.94. The molecule has 1 fully saturated rings. The number of thiocarbonyl (C=S) groups is 1. The third kappa shape index (κ3) is 4.77. The summed E-state index contributed by atoms with van der Waals surface area (Å²) in [6, 6.07) is 20.4. The molecule has 0 spiro atoms. The van der Waals surface area contributed by atoms with Gasteiger partial charge in [-0.15, -0.1) is 0 Å². The maximum atomic E-state index is 13.0. The van der Waals surface area contributed by atoms with Crippen molar-refractivity contribution in [3.05, 3.63) is 98.4 Å². The Morgan fingerprint density at radius 2 is 1.62 bits per heavy atom. The zero-order valence-electron chi connectivity index (χ0n) is 17.3. The lowest BCUT2D eigenvalue weighted by atomic mass is 10.1. The van der Waals surface area contributed by atoms with Gasteiger partial charge >= 0.3 is 0 Å². The highest BCUT2D eigenvalue weighted by atomic mass is 32.2. The predicted molar refractivity (Wildman–Crippen MR) is 135 cm³/mol. The topological polar surface area (TPSA) is 63.5 Å². The molecule has 3 aromatic rings. The average molecular weight is 479 g/mol. The molecule has 0 N–H and O–H groups in total. The number of hydrogen-bond donors (Lipinski definition) is 0. The van der Waals surface area contributed by atoms with Crippen LogP contribution in [0.25, 0.3) is 6.08 Å². The van der Waals surface area contributed by atoms with Crippen molar-refractivity contribution in [2.24, 2.45) is 0 Å². The number of benzene rings is 3. The van der Waals surface area contributed by atoms with Gasteiger partial charge < -0.3 is 0 Å². The van der Waals surface area contributed by atoms with Crippen LogP contribution in [0.2, 0.25) is 0 Å². The lowest BCUT2D eigenvalue weighted by molar-refractivity contribution is -0.387. The first-order valence-electron chi connectivity index (χ1n) is 9.69. The lowest BCUT2D eigenvalue weighted by Gasteiger charge is -2.14. The minimum absolute atomic E-state index is 0.00154. The summed E-state index contributed by atoms with van der Waals surface area (Å²) in [5, 5.41) is 11.7. The van der Waals surface area contributed by atoms with E-state index in [4.69, 9.17) is 12.2 Å². The molecular weight excluding hydrogens is 460 g/mol. The van der Waals surface area contributed by atoms with Crippen LogP contribution < -0.4 is 4.90 Å². The van der Waals surface area contributed by atoms with Gasteiger partial charge in [-0.25, -0.2) is 0 Å². The van der Waals surface area contributed by atoms with Gasteiger partial charge in [0.05, 0.1) is 20.4 Å². The number of carbonyl (C=O) groups is 1. The molecule has 1 heterocycles. The Labute approximate surface area is 199 Å². The minimum atomic E-state index is -0.397. The van der Waals surface area contributed by atoms with E-state index in [-0.39, 0.29) is 11.6 Å². The molecule has 4 rings (SSSR count). The number of hydrogen-bond acceptors (Lipinski definition) is 6. The van der Waals surface area contributed by atoms with Crippen molar-refractivity contribution in [3.63, 3.8) is 0 Å². The molecular formula is C24H18N2O3S3. The first-order valence-corrected chi connectivity index (χ1v) is 11.7. The molecule has 0 saturated carbocycles. The van der Waals surface area contributed by atoms with Crippen molar-refractivity contribution < 1.29 is 9.72 Å². The number of nitrogens with zero attached hydrogens (tertiary/aromatic N) is 2. The van der Waals surface area contributed by atoms with E-state index in [0.29, 0.717) is 25.4 Å². The van der Waals surface area contributed by atoms with E-state index in [9.17, 15) is 14.9 Å². The van der Waals surface area contributed by atoms with Crippen LogP contribution in [0.3, 0.4) is 0 Å². The summed E-state index contributed by atoms with van der Waals surface area (Å²) < 4.78 is 0.436. The normalized spacial score (nSPS) is 14.9. The fourth-order valence-electron chi connectivity index (χ4n) is 3.12. The maximum Gasteiger partial charge on any atom is 0.283 e. The third-order valence-electron chi connectivity index (χ3n) is 4.81. The second-order valence-electron chi connectivity index (χ2n) is 7.25. The van der Waals surface area contributed by atoms with Crippen molar-refractivity contribution in [1.82, 2.24) is 0 Å². The molecule has 0 atom stereocenters. The molecule has 32 heavy (non-hydrogen) atoms. The summed E-state index contributed by atoms with van der Waals surface area (Å²) in [6.07, 6.45) is 1.65. The Morgan fingerprint density at radius 1 is 1.00 bits per heavy atom. The van der Waals surface area contributed by atoms with Gasteiger partial charge in [0.25, 0.3) is 11.6 Å². The largest absolute Gasteiger partial charge is 0.283 e. The highest BCUT2D eigenvalue weighted by molar-refractivity contribution is 8.27. The Bertz CT molecular complexity index is 1250. The number of rotatable bonds is 5. The first-order chi connectivity index (χ1) is 15.3. The molecule has 1 amide bonds. The van der Waals surface area contributed by atoms with E-state index < -0.39 is 4.92 Å². The van der Waals surface area contributed by atoms with Crippen LogP contribution in [0.15, 0.2) is 81.4 Å². The van der Waals surface area contributed by atoms with Crippen molar-refractivity contribution in [2.75, 3.05) is 4.90 Å². The smallest absolute Gasteiger partial charge is 0.268 e. The Kier molecular flexibility index (Phi) is 6.45. The zero-order valence-corrected chi connectivity index (χ0v) is 19.7. The van der Waals surface area contributed by atoms with E-state index in [1.54, 1.807) is 18.2 Å². The van der Waals surface area contributed by atoms with E-state index in [1.807, 2.05) is 62.4 Å². The van der Waals surface area contributed by atoms with Gasteiger partial charge in [-0.3, -0.25) is 19.8 Å². The molecule has 1 aliphatic rings. The molecule has 1 saturated heterocycles. The summed E-state index contributed by atoms with van der Waals surface area (Å²) in [6.45, 7) is 3.97. The van der Waals surface area contributed by atoms with Gasteiger partial charge in [-0.1, -0.05) is 77.2 Å². The van der Waals surface area contributed by atoms with Crippen LogP contribution in [-0.2, 0) is 4.79 Å². The summed E-state index contributed by atoms with van der Waals surface area (Å²) in [7, 11) is 0. The van der Waals surface area contributed by atoms with E-state index in [0.717, 1.165) is 16.0 Å². The number of nitro benzene ring substituents is 1. The van der Waals surface area contributed by atoms with Crippen LogP contribution in [0.1, 0.15) is 16.7 Å². The summed E-state index contributed by atoms with van der Waals surface area (Å²) >= 11 is 7.94. The van der Waals surface area contributed by atoms with Crippen molar-refractivity contribution in [3.8, 4) is 0 Å². The summed E-state index contributed by atoms with van der Waals surface area (Å²) in [5.74, 6) is -0.232. The van der Waals surface area contributed by atoms with E-state index >= 15 is 0 Å². The molecule has 160 valence electrons. The monoisotopic (exact) mass is 478 g/mol. The number of amides is 1. The molecule has 0 aliphatic carbocycles. The maximum absolute atomic E-state index is 13.0. The number of nitro groups is 1. The number of aryl methyl sites for hydroxylation is 2. The van der Waals surface area contributed by atoms with Gasteiger partial charge in [0.15, 0.2) is 4.32 Å². The molecule has 0 unspecified atom stereocenters. The third-order valence-corrected chi connectivity index (χ3v) is 7.19. The fourth-order valence-corrected chi connectivity index (χ4v) is 5.32. The average Bonchev–Trinajstić information content (AvgIpc) is 3.04. The highest BCUT2D eigenvalue weighted by Crippen LogP contribution is 2.38. The second kappa shape index (κ2) is 9.28. The van der Waals surface area contributed by atoms with Gasteiger partial charge in [0.1, 0.15) is 0 Å². The molecule has 1 aliphatic heterocycles. The van der Waals surface area contributed by atoms with Crippen LogP contribution in [0, 0.1) is 24.0 Å². The molecule has 0 radical (unpaired) electrons. The molecule has 5 nitrogen and oxygen atoms in total. The fraction of sp³-hybridized carbons (Fsp3) is 0.0833. The standard InChI is InChI=1S/C24H18N2O3S3/c1-15-3-8-18(9-4-15)25-23(27)22(32-24(25)30)14-17-7-12-21(20(13-17)26(28)29)31-19-10-5-16(2)6-11-19/h3-14H,1-2H3. The van der Waals surface area contributed by atoms with Crippen molar-refractivity contribution in [1.29, 1.82) is 0 Å². The molecule has 8 heteroatoms. The van der Waals surface area contributed by atoms with Gasteiger partial charge in [-0.05, 0) is 55.8 Å². The molecule has 3 aromatic carbocycles. The number of anilines is 1. The predicted octanol–water partition coefficient (Wildman–Crippen LogP) is 6.77. The van der Waals surface area contributed by atoms with Crippen LogP contribution in [0.4, 0.5) is 11.4 Å². The molecule has 0 aromatic heterocycles.